The van der Waals surface area contributed by atoms with Gasteiger partial charge in [0.15, 0.2) is 31.3 Å². The van der Waals surface area contributed by atoms with Crippen LogP contribution in [0.25, 0.3) is 0 Å². The van der Waals surface area contributed by atoms with Gasteiger partial charge in [0.1, 0.15) is 139 Å². The Morgan fingerprint density at radius 2 is 0.757 bits per heavy atom. The Morgan fingerprint density at radius 3 is 1.16 bits per heavy atom. The molecule has 0 unspecified atom stereocenters. The van der Waals surface area contributed by atoms with Crippen molar-refractivity contribution in [3.05, 3.63) is 35.7 Å². The second kappa shape index (κ2) is 24.4. The summed E-state index contributed by atoms with van der Waals surface area (Å²) in [5, 5.41) is 201. The van der Waals surface area contributed by atoms with E-state index in [0.29, 0.717) is 0 Å². The van der Waals surface area contributed by atoms with Crippen LogP contribution in [0, 0.1) is 0 Å². The Morgan fingerprint density at radius 1 is 0.378 bits per heavy atom. The number of aliphatic hydroxyl groups is 17. The summed E-state index contributed by atoms with van der Waals surface area (Å²) in [5.41, 5.74) is 0.172. The molecule has 8 heterocycles. The molecule has 5 aliphatic rings. The summed E-state index contributed by atoms with van der Waals surface area (Å²) in [6.45, 7) is -4.59. The number of hydrogen-bond acceptors (Lipinski definition) is 32. The zero-order chi connectivity index (χ0) is 53.3. The van der Waals surface area contributed by atoms with Gasteiger partial charge in [-0.25, -0.2) is 14.0 Å². The fraction of sp³-hybridized carbons (Fsp3) is 0.846. The fourth-order valence-electron chi connectivity index (χ4n) is 8.87. The highest BCUT2D eigenvalue weighted by Gasteiger charge is 2.51. The van der Waals surface area contributed by atoms with Gasteiger partial charge in [0.25, 0.3) is 0 Å². The zero-order valence-corrected chi connectivity index (χ0v) is 38.6. The van der Waals surface area contributed by atoms with E-state index in [9.17, 15) is 86.8 Å². The summed E-state index contributed by atoms with van der Waals surface area (Å²) < 4.78 is 54.1. The first kappa shape index (κ1) is 56.6. The van der Waals surface area contributed by atoms with E-state index in [0.717, 1.165) is 14.0 Å². The van der Waals surface area contributed by atoms with E-state index >= 15 is 0 Å². The van der Waals surface area contributed by atoms with E-state index in [1.807, 2.05) is 0 Å². The summed E-state index contributed by atoms with van der Waals surface area (Å²) in [6, 6.07) is 0. The van der Waals surface area contributed by atoms with Gasteiger partial charge in [0.05, 0.1) is 71.4 Å². The molecular formula is C39H61N9O26. The van der Waals surface area contributed by atoms with Crippen LogP contribution in [0.3, 0.4) is 0 Å². The van der Waals surface area contributed by atoms with E-state index in [2.05, 4.69) is 30.9 Å². The van der Waals surface area contributed by atoms with Crippen molar-refractivity contribution in [1.82, 2.24) is 45.0 Å². The van der Waals surface area contributed by atoms with Crippen LogP contribution >= 0.6 is 0 Å². The molecule has 8 rings (SSSR count). The van der Waals surface area contributed by atoms with Crippen molar-refractivity contribution in [2.75, 3.05) is 33.0 Å². The van der Waals surface area contributed by atoms with E-state index < -0.39 is 200 Å². The third-order valence-electron chi connectivity index (χ3n) is 13.2. The Kier molecular flexibility index (Phi) is 18.6. The highest BCUT2D eigenvalue weighted by molar-refractivity contribution is 5.01. The van der Waals surface area contributed by atoms with Crippen molar-refractivity contribution < 1.29 is 129 Å². The maximum Gasteiger partial charge on any atom is 0.186 e. The van der Waals surface area contributed by atoms with Crippen LogP contribution in [0.1, 0.15) is 35.8 Å². The van der Waals surface area contributed by atoms with Crippen LogP contribution in [0.5, 0.6) is 0 Å². The lowest BCUT2D eigenvalue weighted by molar-refractivity contribution is -0.333. The largest absolute Gasteiger partial charge is 0.394 e. The molecule has 5 saturated heterocycles. The minimum absolute atomic E-state index is 0.0226. The molecule has 35 nitrogen and oxygen atoms in total. The van der Waals surface area contributed by atoms with Crippen LogP contribution in [0.4, 0.5) is 0 Å². The SMILES string of the molecule is OC[C@H]1O[C@H](n2cc(COC[C@H]3O[C@H](OC[C@H]4O[C@H](O)[C@@H](O)[C@@H](OCc5cn([C@H]6O[C@H](CO)[C@@H](O)[C@H](O)[C@@H]6O)nn5)[C@@H]4O)[C@@H](O)[C@@H](OCc4cn([C@H]5O[C@H](CO)[C@@H](O)[C@H](O)[C@@H]5O)nn4)[C@@H]3O)nn2)[C@@H](O)[C@@H](O)[C@@H]1O. The van der Waals surface area contributed by atoms with Crippen molar-refractivity contribution >= 4 is 0 Å². The van der Waals surface area contributed by atoms with Gasteiger partial charge in [-0.05, 0) is 0 Å². The number of hydrogen-bond donors (Lipinski definition) is 17. The quantitative estimate of drug-likeness (QED) is 0.0530. The lowest BCUT2D eigenvalue weighted by Crippen LogP contribution is -2.62. The summed E-state index contributed by atoms with van der Waals surface area (Å²) >= 11 is 0. The van der Waals surface area contributed by atoms with Crippen molar-refractivity contribution in [2.24, 2.45) is 0 Å². The van der Waals surface area contributed by atoms with Gasteiger partial charge in [0, 0.05) is 0 Å². The highest BCUT2D eigenvalue weighted by atomic mass is 16.7. The number of aliphatic hydroxyl groups excluding tert-OH is 17. The molecule has 0 bridgehead atoms. The molecule has 0 amide bonds. The summed E-state index contributed by atoms with van der Waals surface area (Å²) in [4.78, 5) is 0. The standard InChI is InChI=1S/C39H61N9O26/c49-4-15-20(52)25(57)28(60)35(70-15)46-1-12(40-43-46)7-66-10-18-23(55)34(68-9-14-3-48(45-42-14)37-30(62)27(59)22(54)17(6-51)72-37)32(64)39(74-18)69-11-19-24(56)33(31(63)38(65)73-19)67-8-13-2-47(44-41-13)36-29(61)26(58)21(53)16(5-50)71-36/h1-3,15-39,49-65H,4-11H2/t15-,16-,17-,18-,19-,20-,21-,22-,23-,24-,25+,26+,27+,28+,29+,30+,31+,32+,33+,34+,35+,36+,37+,38+,39+/m1/s1. The Balaban J connectivity index is 0.925. The Bertz CT molecular complexity index is 2210. The third kappa shape index (κ3) is 11.8. The van der Waals surface area contributed by atoms with E-state index in [1.165, 1.54) is 18.6 Å². The van der Waals surface area contributed by atoms with Gasteiger partial charge in [-0.15, -0.1) is 15.3 Å². The second-order valence-corrected chi connectivity index (χ2v) is 18.2. The lowest BCUT2D eigenvalue weighted by atomic mass is 9.98. The van der Waals surface area contributed by atoms with Crippen molar-refractivity contribution in [2.45, 2.75) is 173 Å². The topological polar surface area (TPSA) is 519 Å². The predicted octanol–water partition coefficient (Wildman–Crippen LogP) is -12.0. The monoisotopic (exact) mass is 1070 g/mol. The van der Waals surface area contributed by atoms with Gasteiger partial charge in [-0.3, -0.25) is 0 Å². The molecule has 17 N–H and O–H groups in total. The molecule has 0 radical (unpaired) electrons. The van der Waals surface area contributed by atoms with Crippen molar-refractivity contribution in [3.8, 4) is 0 Å². The van der Waals surface area contributed by atoms with Crippen LogP contribution < -0.4 is 0 Å². The average molecular weight is 1070 g/mol. The number of aromatic nitrogens is 9. The maximum atomic E-state index is 11.5. The molecule has 0 aliphatic carbocycles. The molecule has 3 aromatic rings. The van der Waals surface area contributed by atoms with Crippen LogP contribution in [-0.2, 0) is 62.5 Å². The summed E-state index contributed by atoms with van der Waals surface area (Å²) in [6.07, 6.45) is -36.4. The first-order valence-corrected chi connectivity index (χ1v) is 23.1. The molecule has 0 aromatic carbocycles. The molecule has 3 aromatic heterocycles. The van der Waals surface area contributed by atoms with Gasteiger partial charge in [0.2, 0.25) is 0 Å². The Hall–Kier alpha value is -3.62. The molecular weight excluding hydrogens is 1010 g/mol. The van der Waals surface area contributed by atoms with Crippen LogP contribution in [0.15, 0.2) is 18.6 Å². The van der Waals surface area contributed by atoms with Gasteiger partial charge in [-0.2, -0.15) is 0 Å². The highest BCUT2D eigenvalue weighted by Crippen LogP contribution is 2.33. The van der Waals surface area contributed by atoms with Gasteiger partial charge in [-0.1, -0.05) is 15.6 Å². The van der Waals surface area contributed by atoms with Gasteiger partial charge >= 0.3 is 0 Å². The summed E-state index contributed by atoms with van der Waals surface area (Å²) in [7, 11) is 0. The molecule has 0 spiro atoms. The minimum Gasteiger partial charge on any atom is -0.394 e. The predicted molar refractivity (Wildman–Crippen MR) is 223 cm³/mol. The number of nitrogens with zero attached hydrogens (tertiary/aromatic N) is 9. The molecule has 35 heteroatoms. The molecule has 25 atom stereocenters. The van der Waals surface area contributed by atoms with Crippen LogP contribution in [-0.4, -0.2) is 299 Å². The maximum absolute atomic E-state index is 11.5. The van der Waals surface area contributed by atoms with Gasteiger partial charge < -0.3 is 129 Å². The Labute approximate surface area is 415 Å². The second-order valence-electron chi connectivity index (χ2n) is 18.2. The van der Waals surface area contributed by atoms with E-state index in [4.69, 9.17) is 42.6 Å². The summed E-state index contributed by atoms with van der Waals surface area (Å²) in [5.74, 6) is 0. The van der Waals surface area contributed by atoms with E-state index in [-0.39, 0.29) is 23.7 Å². The first-order chi connectivity index (χ1) is 35.3. The minimum atomic E-state index is -1.98. The fourth-order valence-corrected chi connectivity index (χ4v) is 8.87. The first-order valence-electron chi connectivity index (χ1n) is 23.1. The molecule has 418 valence electrons. The zero-order valence-electron chi connectivity index (χ0n) is 38.6. The third-order valence-corrected chi connectivity index (χ3v) is 13.2. The molecule has 5 fully saturated rings. The number of rotatable bonds is 19. The molecule has 0 saturated carbocycles. The average Bonchev–Trinajstić information content (AvgIpc) is 4.19. The van der Waals surface area contributed by atoms with E-state index in [1.54, 1.807) is 0 Å². The molecule has 74 heavy (non-hydrogen) atoms. The lowest BCUT2D eigenvalue weighted by Gasteiger charge is -2.44. The van der Waals surface area contributed by atoms with Crippen LogP contribution in [0.2, 0.25) is 0 Å². The van der Waals surface area contributed by atoms with Crippen molar-refractivity contribution in [1.29, 1.82) is 0 Å². The normalized spacial score (nSPS) is 43.2. The number of ether oxygens (including phenoxy) is 9. The smallest absolute Gasteiger partial charge is 0.186 e. The molecule has 5 aliphatic heterocycles. The van der Waals surface area contributed by atoms with Crippen molar-refractivity contribution in [3.63, 3.8) is 0 Å².